The minimum absolute atomic E-state index is 0.0179. The van der Waals surface area contributed by atoms with Crippen molar-refractivity contribution in [3.8, 4) is 5.75 Å². The number of imidazole rings is 1. The van der Waals surface area contributed by atoms with E-state index in [0.29, 0.717) is 11.7 Å². The number of aromatic nitrogens is 2. The van der Waals surface area contributed by atoms with Crippen molar-refractivity contribution in [2.24, 2.45) is 7.05 Å². The molecule has 1 atom stereocenters. The fourth-order valence-electron chi connectivity index (χ4n) is 3.11. The Hall–Kier alpha value is -2.34. The van der Waals surface area contributed by atoms with E-state index in [1.165, 1.54) is 5.56 Å². The second-order valence-electron chi connectivity index (χ2n) is 6.21. The minimum Gasteiger partial charge on any atom is -0.497 e. The zero-order chi connectivity index (χ0) is 17.1. The molecular weight excluding hydrogens is 304 g/mol. The van der Waals surface area contributed by atoms with Crippen molar-refractivity contribution in [3.05, 3.63) is 48.0 Å². The van der Waals surface area contributed by atoms with Gasteiger partial charge in [0.1, 0.15) is 11.4 Å². The topological polar surface area (TPSA) is 50.6 Å². The summed E-state index contributed by atoms with van der Waals surface area (Å²) in [5.41, 5.74) is 1.76. The Bertz CT molecular complexity index is 705. The second-order valence-corrected chi connectivity index (χ2v) is 6.21. The van der Waals surface area contributed by atoms with Gasteiger partial charge in [-0.2, -0.15) is 0 Å². The van der Waals surface area contributed by atoms with Crippen molar-refractivity contribution >= 4 is 5.91 Å². The Morgan fingerprint density at radius 1 is 1.25 bits per heavy atom. The lowest BCUT2D eigenvalue weighted by Gasteiger charge is -2.38. The molecule has 1 fully saturated rings. The van der Waals surface area contributed by atoms with Crippen LogP contribution in [-0.2, 0) is 7.05 Å². The van der Waals surface area contributed by atoms with Crippen molar-refractivity contribution in [1.82, 2.24) is 19.4 Å². The second kappa shape index (κ2) is 7.05. The first-order chi connectivity index (χ1) is 11.6. The van der Waals surface area contributed by atoms with E-state index in [2.05, 4.69) is 28.9 Å². The Morgan fingerprint density at radius 3 is 2.62 bits per heavy atom. The summed E-state index contributed by atoms with van der Waals surface area (Å²) < 4.78 is 7.11. The van der Waals surface area contributed by atoms with Crippen LogP contribution in [0.2, 0.25) is 0 Å². The highest BCUT2D eigenvalue weighted by atomic mass is 16.5. The van der Waals surface area contributed by atoms with Crippen LogP contribution in [0.4, 0.5) is 0 Å². The number of piperazine rings is 1. The maximum atomic E-state index is 12.5. The molecule has 0 aliphatic carbocycles. The van der Waals surface area contributed by atoms with Crippen LogP contribution in [0, 0.1) is 0 Å². The molecule has 2 aromatic rings. The van der Waals surface area contributed by atoms with Gasteiger partial charge in [-0.05, 0) is 24.6 Å². The van der Waals surface area contributed by atoms with Crippen molar-refractivity contribution in [2.75, 3.05) is 33.3 Å². The molecule has 1 saturated heterocycles. The molecule has 0 spiro atoms. The van der Waals surface area contributed by atoms with Gasteiger partial charge in [-0.15, -0.1) is 0 Å². The van der Waals surface area contributed by atoms with Gasteiger partial charge >= 0.3 is 0 Å². The first-order valence-electron chi connectivity index (χ1n) is 8.23. The Balaban J connectivity index is 1.61. The SMILES string of the molecule is COc1cccc(C(C)N2CCN(C(=O)c3cn(C)cn3)CC2)c1. The van der Waals surface area contributed by atoms with Crippen LogP contribution in [0.25, 0.3) is 0 Å². The van der Waals surface area contributed by atoms with Crippen LogP contribution in [0.5, 0.6) is 5.75 Å². The summed E-state index contributed by atoms with van der Waals surface area (Å²) in [5.74, 6) is 0.896. The quantitative estimate of drug-likeness (QED) is 0.861. The van der Waals surface area contributed by atoms with Gasteiger partial charge in [0.05, 0.1) is 13.4 Å². The van der Waals surface area contributed by atoms with E-state index in [9.17, 15) is 4.79 Å². The number of methoxy groups -OCH3 is 1. The van der Waals surface area contributed by atoms with Crippen LogP contribution in [0.1, 0.15) is 29.0 Å². The van der Waals surface area contributed by atoms with Gasteiger partial charge in [0, 0.05) is 45.5 Å². The van der Waals surface area contributed by atoms with E-state index in [4.69, 9.17) is 4.74 Å². The number of hydrogen-bond donors (Lipinski definition) is 0. The molecule has 1 amide bonds. The van der Waals surface area contributed by atoms with Crippen LogP contribution in [0.15, 0.2) is 36.8 Å². The number of amides is 1. The van der Waals surface area contributed by atoms with Crippen molar-refractivity contribution in [2.45, 2.75) is 13.0 Å². The molecule has 1 aromatic carbocycles. The third kappa shape index (κ3) is 3.43. The summed E-state index contributed by atoms with van der Waals surface area (Å²) in [4.78, 5) is 20.9. The largest absolute Gasteiger partial charge is 0.497 e. The molecule has 1 aromatic heterocycles. The Kier molecular flexibility index (Phi) is 4.85. The smallest absolute Gasteiger partial charge is 0.274 e. The highest BCUT2D eigenvalue weighted by molar-refractivity contribution is 5.92. The molecule has 0 N–H and O–H groups in total. The standard InChI is InChI=1S/C18H24N4O2/c1-14(15-5-4-6-16(11-15)24-3)21-7-9-22(10-8-21)18(23)17-12-20(2)13-19-17/h4-6,11-14H,7-10H2,1-3H3. The van der Waals surface area contributed by atoms with E-state index in [1.807, 2.05) is 24.1 Å². The lowest BCUT2D eigenvalue weighted by atomic mass is 10.1. The molecule has 0 bridgehead atoms. The summed E-state index contributed by atoms with van der Waals surface area (Å²) >= 11 is 0. The molecule has 128 valence electrons. The molecule has 1 aliphatic heterocycles. The molecule has 6 heteroatoms. The number of nitrogens with zero attached hydrogens (tertiary/aromatic N) is 4. The average molecular weight is 328 g/mol. The lowest BCUT2D eigenvalue weighted by Crippen LogP contribution is -2.49. The number of ether oxygens (including phenoxy) is 1. The van der Waals surface area contributed by atoms with E-state index in [0.717, 1.165) is 31.9 Å². The molecule has 2 heterocycles. The van der Waals surface area contributed by atoms with Crippen LogP contribution < -0.4 is 4.74 Å². The summed E-state index contributed by atoms with van der Waals surface area (Å²) in [6, 6.07) is 8.48. The number of hydrogen-bond acceptors (Lipinski definition) is 4. The summed E-state index contributed by atoms with van der Waals surface area (Å²) in [5, 5.41) is 0. The third-order valence-corrected chi connectivity index (χ3v) is 4.65. The number of carbonyl (C=O) groups is 1. The highest BCUT2D eigenvalue weighted by Crippen LogP contribution is 2.25. The van der Waals surface area contributed by atoms with Gasteiger partial charge in [-0.25, -0.2) is 4.98 Å². The fraction of sp³-hybridized carbons (Fsp3) is 0.444. The molecule has 0 radical (unpaired) electrons. The number of benzene rings is 1. The van der Waals surface area contributed by atoms with Crippen LogP contribution in [-0.4, -0.2) is 58.5 Å². The fourth-order valence-corrected chi connectivity index (χ4v) is 3.11. The predicted octanol–water partition coefficient (Wildman–Crippen LogP) is 1.95. The van der Waals surface area contributed by atoms with Crippen LogP contribution in [0.3, 0.4) is 0 Å². The minimum atomic E-state index is 0.0179. The highest BCUT2D eigenvalue weighted by Gasteiger charge is 2.26. The Labute approximate surface area is 142 Å². The maximum Gasteiger partial charge on any atom is 0.274 e. The molecule has 3 rings (SSSR count). The number of aryl methyl sites for hydroxylation is 1. The van der Waals surface area contributed by atoms with Gasteiger partial charge in [0.25, 0.3) is 5.91 Å². The van der Waals surface area contributed by atoms with E-state index >= 15 is 0 Å². The first kappa shape index (κ1) is 16.5. The van der Waals surface area contributed by atoms with E-state index in [-0.39, 0.29) is 5.91 Å². The summed E-state index contributed by atoms with van der Waals surface area (Å²) in [6.07, 6.45) is 3.43. The monoisotopic (exact) mass is 328 g/mol. The molecule has 0 saturated carbocycles. The molecule has 1 aliphatic rings. The van der Waals surface area contributed by atoms with Crippen molar-refractivity contribution in [1.29, 1.82) is 0 Å². The molecule has 1 unspecified atom stereocenters. The first-order valence-corrected chi connectivity index (χ1v) is 8.23. The summed E-state index contributed by atoms with van der Waals surface area (Å²) in [7, 11) is 3.56. The van der Waals surface area contributed by atoms with E-state index in [1.54, 1.807) is 24.2 Å². The maximum absolute atomic E-state index is 12.5. The van der Waals surface area contributed by atoms with Crippen LogP contribution >= 0.6 is 0 Å². The predicted molar refractivity (Wildman–Crippen MR) is 92.1 cm³/mol. The van der Waals surface area contributed by atoms with Gasteiger partial charge in [0.2, 0.25) is 0 Å². The molecular formula is C18H24N4O2. The Morgan fingerprint density at radius 2 is 2.00 bits per heavy atom. The molecule has 6 nitrogen and oxygen atoms in total. The van der Waals surface area contributed by atoms with Gasteiger partial charge in [-0.1, -0.05) is 12.1 Å². The number of rotatable bonds is 4. The van der Waals surface area contributed by atoms with Gasteiger partial charge in [-0.3, -0.25) is 9.69 Å². The molecule has 24 heavy (non-hydrogen) atoms. The normalized spacial score (nSPS) is 16.9. The zero-order valence-corrected chi connectivity index (χ0v) is 14.5. The third-order valence-electron chi connectivity index (χ3n) is 4.65. The zero-order valence-electron chi connectivity index (χ0n) is 14.5. The van der Waals surface area contributed by atoms with Gasteiger partial charge < -0.3 is 14.2 Å². The van der Waals surface area contributed by atoms with Crippen molar-refractivity contribution in [3.63, 3.8) is 0 Å². The van der Waals surface area contributed by atoms with Gasteiger partial charge in [0.15, 0.2) is 0 Å². The number of carbonyl (C=O) groups excluding carboxylic acids is 1. The lowest BCUT2D eigenvalue weighted by molar-refractivity contribution is 0.0577. The average Bonchev–Trinajstić information content (AvgIpc) is 3.07. The summed E-state index contributed by atoms with van der Waals surface area (Å²) in [6.45, 7) is 5.37. The van der Waals surface area contributed by atoms with Crippen molar-refractivity contribution < 1.29 is 9.53 Å². The van der Waals surface area contributed by atoms with E-state index < -0.39 is 0 Å².